The molecule has 1 N–H and O–H groups in total. The number of epoxide rings is 2. The molecule has 3 rings (SSSR count). The van der Waals surface area contributed by atoms with Crippen LogP contribution >= 0.6 is 0 Å². The van der Waals surface area contributed by atoms with Gasteiger partial charge < -0.3 is 19.5 Å². The smallest absolute Gasteiger partial charge is 0.320 e. The van der Waals surface area contributed by atoms with Gasteiger partial charge in [-0.1, -0.05) is 39.3 Å². The summed E-state index contributed by atoms with van der Waals surface area (Å²) in [5.74, 6) is 1.12. The molecule has 1 unspecified atom stereocenters. The van der Waals surface area contributed by atoms with Gasteiger partial charge in [0.25, 0.3) is 0 Å². The van der Waals surface area contributed by atoms with Gasteiger partial charge in [0, 0.05) is 12.0 Å². The Balaban J connectivity index is 1.53. The Bertz CT molecular complexity index is 612. The first-order valence-corrected chi connectivity index (χ1v) is 11.5. The Morgan fingerprint density at radius 2 is 1.90 bits per heavy atom. The predicted molar refractivity (Wildman–Crippen MR) is 115 cm³/mol. The van der Waals surface area contributed by atoms with Crippen molar-refractivity contribution in [3.8, 4) is 0 Å². The van der Waals surface area contributed by atoms with Gasteiger partial charge in [-0.05, 0) is 58.3 Å². The molecule has 0 aromatic heterocycles. The van der Waals surface area contributed by atoms with Gasteiger partial charge in [-0.3, -0.25) is 4.79 Å². The third kappa shape index (κ3) is 5.23. The zero-order valence-corrected chi connectivity index (χ0v) is 19.4. The third-order valence-electron chi connectivity index (χ3n) is 7.17. The van der Waals surface area contributed by atoms with Crippen molar-refractivity contribution in [3.05, 3.63) is 11.6 Å². The van der Waals surface area contributed by atoms with E-state index in [9.17, 15) is 4.79 Å². The molecule has 1 saturated carbocycles. The molecule has 0 amide bonds. The zero-order chi connectivity index (χ0) is 21.4. The van der Waals surface area contributed by atoms with Gasteiger partial charge >= 0.3 is 5.97 Å². The second-order valence-corrected chi connectivity index (χ2v) is 10.5. The minimum Gasteiger partial charge on any atom is -0.461 e. The molecule has 5 heteroatoms. The van der Waals surface area contributed by atoms with Crippen molar-refractivity contribution in [3.63, 3.8) is 0 Å². The molecular formula is C24H41NO4. The number of carbonyl (C=O) groups is 1. The van der Waals surface area contributed by atoms with Crippen LogP contribution in [0.1, 0.15) is 74.1 Å². The molecule has 2 heterocycles. The number of nitrogens with one attached hydrogen (secondary N) is 1. The Morgan fingerprint density at radius 1 is 1.24 bits per heavy atom. The first-order valence-electron chi connectivity index (χ1n) is 11.5. The molecular weight excluding hydrogens is 366 g/mol. The summed E-state index contributed by atoms with van der Waals surface area (Å²) >= 11 is 0. The highest BCUT2D eigenvalue weighted by atomic mass is 16.6. The first-order chi connectivity index (χ1) is 13.6. The van der Waals surface area contributed by atoms with Crippen LogP contribution in [0.3, 0.4) is 0 Å². The van der Waals surface area contributed by atoms with Crippen LogP contribution < -0.4 is 5.32 Å². The highest BCUT2D eigenvalue weighted by molar-refractivity contribution is 5.71. The number of rotatable bonds is 9. The highest BCUT2D eigenvalue weighted by Gasteiger charge is 2.68. The van der Waals surface area contributed by atoms with Crippen molar-refractivity contribution in [2.45, 2.75) is 104 Å². The van der Waals surface area contributed by atoms with E-state index >= 15 is 0 Å². The van der Waals surface area contributed by atoms with E-state index in [1.807, 2.05) is 0 Å². The number of hydrogen-bond acceptors (Lipinski definition) is 5. The van der Waals surface area contributed by atoms with Crippen LogP contribution in [0.25, 0.3) is 0 Å². The zero-order valence-electron chi connectivity index (χ0n) is 19.4. The average Bonchev–Trinajstić information content (AvgIpc) is 3.52. The fourth-order valence-electron chi connectivity index (χ4n) is 5.35. The molecule has 3 aliphatic rings. The normalized spacial score (nSPS) is 36.0. The van der Waals surface area contributed by atoms with Crippen LogP contribution in [0.4, 0.5) is 0 Å². The minimum atomic E-state index is -0.161. The lowest BCUT2D eigenvalue weighted by Crippen LogP contribution is -2.46. The van der Waals surface area contributed by atoms with Crippen molar-refractivity contribution >= 4 is 5.97 Å². The molecule has 1 aliphatic carbocycles. The maximum Gasteiger partial charge on any atom is 0.320 e. The summed E-state index contributed by atoms with van der Waals surface area (Å²) in [5.41, 5.74) is 1.12. The summed E-state index contributed by atoms with van der Waals surface area (Å²) in [7, 11) is 0. The van der Waals surface area contributed by atoms with Crippen molar-refractivity contribution in [1.29, 1.82) is 0 Å². The van der Waals surface area contributed by atoms with Gasteiger partial charge in [0.1, 0.15) is 6.10 Å². The fourth-order valence-corrected chi connectivity index (χ4v) is 5.35. The van der Waals surface area contributed by atoms with Gasteiger partial charge in [-0.15, -0.1) is 0 Å². The van der Waals surface area contributed by atoms with Crippen LogP contribution in [-0.4, -0.2) is 48.6 Å². The summed E-state index contributed by atoms with van der Waals surface area (Å²) in [4.78, 5) is 12.5. The number of allylic oxidation sites excluding steroid dienone is 1. The van der Waals surface area contributed by atoms with Gasteiger partial charge in [-0.2, -0.15) is 0 Å². The van der Waals surface area contributed by atoms with Gasteiger partial charge in [-0.25, -0.2) is 0 Å². The van der Waals surface area contributed by atoms with E-state index in [0.29, 0.717) is 23.8 Å². The van der Waals surface area contributed by atoms with Crippen LogP contribution in [0.2, 0.25) is 0 Å². The summed E-state index contributed by atoms with van der Waals surface area (Å²) < 4.78 is 18.0. The van der Waals surface area contributed by atoms with Crippen molar-refractivity contribution in [1.82, 2.24) is 5.32 Å². The molecule has 166 valence electrons. The van der Waals surface area contributed by atoms with Crippen molar-refractivity contribution < 1.29 is 19.0 Å². The summed E-state index contributed by atoms with van der Waals surface area (Å²) in [6, 6.07) is 0.319. The highest BCUT2D eigenvalue weighted by Crippen LogP contribution is 2.59. The maximum absolute atomic E-state index is 12.5. The molecule has 0 aromatic carbocycles. The van der Waals surface area contributed by atoms with Crippen LogP contribution in [0.15, 0.2) is 11.6 Å². The lowest BCUT2D eigenvalue weighted by molar-refractivity contribution is -0.152. The maximum atomic E-state index is 12.5. The number of ether oxygens (including phenoxy) is 3. The first kappa shape index (κ1) is 22.8. The Hall–Kier alpha value is -0.910. The lowest BCUT2D eigenvalue weighted by atomic mass is 9.70. The topological polar surface area (TPSA) is 63.4 Å². The van der Waals surface area contributed by atoms with Gasteiger partial charge in [0.15, 0.2) is 0 Å². The molecule has 2 aliphatic heterocycles. The van der Waals surface area contributed by atoms with E-state index in [2.05, 4.69) is 59.9 Å². The third-order valence-corrected chi connectivity index (χ3v) is 7.17. The summed E-state index contributed by atoms with van der Waals surface area (Å²) in [6.45, 7) is 16.3. The summed E-state index contributed by atoms with van der Waals surface area (Å²) in [6.07, 6.45) is 6.09. The van der Waals surface area contributed by atoms with Gasteiger partial charge in [0.05, 0.1) is 30.5 Å². The largest absolute Gasteiger partial charge is 0.461 e. The molecule has 0 aromatic rings. The number of esters is 1. The van der Waals surface area contributed by atoms with E-state index in [-0.39, 0.29) is 35.9 Å². The molecule has 0 radical (unpaired) electrons. The average molecular weight is 408 g/mol. The predicted octanol–water partition coefficient (Wildman–Crippen LogP) is 4.25. The van der Waals surface area contributed by atoms with E-state index in [4.69, 9.17) is 14.2 Å². The van der Waals surface area contributed by atoms with E-state index in [1.165, 1.54) is 5.57 Å². The fraction of sp³-hybridized carbons (Fsp3) is 0.875. The Morgan fingerprint density at radius 3 is 2.45 bits per heavy atom. The van der Waals surface area contributed by atoms with Gasteiger partial charge in [0.2, 0.25) is 0 Å². The van der Waals surface area contributed by atoms with Crippen molar-refractivity contribution in [2.24, 2.45) is 17.8 Å². The van der Waals surface area contributed by atoms with Crippen LogP contribution in [-0.2, 0) is 19.0 Å². The second-order valence-electron chi connectivity index (χ2n) is 10.5. The molecule has 2 saturated heterocycles. The van der Waals surface area contributed by atoms with E-state index in [1.54, 1.807) is 0 Å². The lowest BCUT2D eigenvalue weighted by Gasteiger charge is -2.36. The number of hydrogen-bond donors (Lipinski definition) is 1. The molecule has 29 heavy (non-hydrogen) atoms. The van der Waals surface area contributed by atoms with Crippen LogP contribution in [0, 0.1) is 17.8 Å². The Labute approximate surface area is 176 Å². The molecule has 1 spiro atoms. The molecule has 5 atom stereocenters. The molecule has 0 bridgehead atoms. The van der Waals surface area contributed by atoms with E-state index < -0.39 is 0 Å². The number of carbonyl (C=O) groups excluding carboxylic acids is 1. The van der Waals surface area contributed by atoms with Crippen molar-refractivity contribution in [2.75, 3.05) is 13.2 Å². The quantitative estimate of drug-likeness (QED) is 0.352. The molecule has 3 fully saturated rings. The summed E-state index contributed by atoms with van der Waals surface area (Å²) in [5, 5.41) is 3.39. The van der Waals surface area contributed by atoms with E-state index in [0.717, 1.165) is 32.3 Å². The Kier molecular flexibility index (Phi) is 6.82. The standard InChI is InChI=1S/C24H41NO4/c1-15(2)8-9-20-23(7,29-20)19-12-18(10-11-24(19)14-27-24)28-21(26)13-25-22(16(3)4)17(5)6/h8,16-20,22,25H,9-14H2,1-7H3/t18-,19?,20-,23-,24+/m1/s1. The van der Waals surface area contributed by atoms with Crippen LogP contribution in [0.5, 0.6) is 0 Å². The SMILES string of the molecule is CC(C)=CC[C@H]1O[C@]1(C)C1C[C@H](OC(=O)CNC(C(C)C)C(C)C)CC[C@]12CO2. The monoisotopic (exact) mass is 407 g/mol. The second kappa shape index (κ2) is 8.68. The molecule has 5 nitrogen and oxygen atoms in total. The minimum absolute atomic E-state index is 0.0363.